The fraction of sp³-hybridized carbons (Fsp3) is 0.536. The zero-order valence-electron chi connectivity index (χ0n) is 23.3. The zero-order chi connectivity index (χ0) is 28.1. The van der Waals surface area contributed by atoms with Crippen LogP contribution in [0.4, 0.5) is 13.6 Å². The molecule has 2 aliphatic heterocycles. The molecule has 2 aromatic heterocycles. The van der Waals surface area contributed by atoms with Gasteiger partial charge in [0.05, 0.1) is 24.0 Å². The monoisotopic (exact) mass is 542 g/mol. The van der Waals surface area contributed by atoms with E-state index in [2.05, 4.69) is 26.8 Å². The van der Waals surface area contributed by atoms with Crippen molar-refractivity contribution in [3.05, 3.63) is 58.5 Å². The number of benzene rings is 1. The third kappa shape index (κ3) is 5.56. The lowest BCUT2D eigenvalue weighted by Gasteiger charge is -2.40. The molecule has 0 radical (unpaired) electrons. The van der Waals surface area contributed by atoms with Crippen LogP contribution >= 0.6 is 0 Å². The number of halogens is 2. The molecule has 3 atom stereocenters. The van der Waals surface area contributed by atoms with Crippen LogP contribution in [0.1, 0.15) is 62.9 Å². The summed E-state index contributed by atoms with van der Waals surface area (Å²) in [5.41, 5.74) is 3.40. The largest absolute Gasteiger partial charge is 0.444 e. The number of imidazole rings is 1. The van der Waals surface area contributed by atoms with Crippen molar-refractivity contribution < 1.29 is 23.0 Å². The van der Waals surface area contributed by atoms with Gasteiger partial charge in [-0.3, -0.25) is 9.58 Å². The molecular weight excluding hydrogens is 506 g/mol. The number of amides is 1. The van der Waals surface area contributed by atoms with E-state index in [-0.39, 0.29) is 11.6 Å². The Labute approximate surface area is 227 Å². The van der Waals surface area contributed by atoms with E-state index >= 15 is 0 Å². The molecule has 3 aromatic rings. The van der Waals surface area contributed by atoms with Crippen LogP contribution in [0.15, 0.2) is 24.3 Å². The maximum Gasteiger partial charge on any atom is 0.407 e. The van der Waals surface area contributed by atoms with Crippen LogP contribution in [-0.4, -0.2) is 54.6 Å². The van der Waals surface area contributed by atoms with Gasteiger partial charge in [-0.1, -0.05) is 0 Å². The summed E-state index contributed by atoms with van der Waals surface area (Å²) >= 11 is 0. The van der Waals surface area contributed by atoms with Gasteiger partial charge < -0.3 is 19.4 Å². The Kier molecular flexibility index (Phi) is 7.23. The Hall–Kier alpha value is -3.31. The van der Waals surface area contributed by atoms with Crippen LogP contribution < -0.4 is 5.32 Å². The zero-order valence-corrected chi connectivity index (χ0v) is 23.3. The van der Waals surface area contributed by atoms with E-state index in [1.807, 2.05) is 24.7 Å². The second kappa shape index (κ2) is 10.3. The SMILES string of the molecule is CCn1c(-c2cc(C)n(C)n2)nc2c1CN([C@H]1CO[C@H](c3cc(F)ccc3F)[C@@H](NC(=O)OC(C)(C)C)C1)C2. The summed E-state index contributed by atoms with van der Waals surface area (Å²) in [6.07, 6.45) is -1.00. The standard InChI is InChI=1S/C28H36F2N6O3/c1-7-36-24-14-35(13-23(24)31-26(36)22-10-16(2)34(6)33-22)18-12-21(32-27(37)39-28(3,4)5)25(38-15-18)19-11-17(29)8-9-20(19)30/h8-11,18,21,25H,7,12-15H2,1-6H3,(H,32,37)/t18-,21+,25-/m1/s1. The summed E-state index contributed by atoms with van der Waals surface area (Å²) in [5.74, 6) is -0.288. The minimum atomic E-state index is -0.851. The Bertz CT molecular complexity index is 1360. The molecule has 11 heteroatoms. The van der Waals surface area contributed by atoms with Crippen LogP contribution in [-0.2, 0) is 36.2 Å². The number of nitrogens with one attached hydrogen (secondary N) is 1. The van der Waals surface area contributed by atoms with Crippen LogP contribution in [0.25, 0.3) is 11.5 Å². The molecular formula is C28H36F2N6O3. The lowest BCUT2D eigenvalue weighted by molar-refractivity contribution is -0.0630. The van der Waals surface area contributed by atoms with Crippen molar-refractivity contribution in [3.63, 3.8) is 0 Å². The van der Waals surface area contributed by atoms with Gasteiger partial charge in [-0.15, -0.1) is 0 Å². The van der Waals surface area contributed by atoms with Gasteiger partial charge in [-0.05, 0) is 65.3 Å². The molecule has 210 valence electrons. The van der Waals surface area contributed by atoms with Crippen LogP contribution in [0.5, 0.6) is 0 Å². The van der Waals surface area contributed by atoms with E-state index in [1.165, 1.54) is 0 Å². The van der Waals surface area contributed by atoms with E-state index in [0.29, 0.717) is 26.1 Å². The molecule has 1 aromatic carbocycles. The van der Waals surface area contributed by atoms with Crippen molar-refractivity contribution in [2.24, 2.45) is 7.05 Å². The fourth-order valence-corrected chi connectivity index (χ4v) is 5.45. The van der Waals surface area contributed by atoms with Gasteiger partial charge in [0, 0.05) is 44.0 Å². The maximum atomic E-state index is 14.7. The predicted octanol–water partition coefficient (Wildman–Crippen LogP) is 4.63. The van der Waals surface area contributed by atoms with Crippen LogP contribution in [0.3, 0.4) is 0 Å². The van der Waals surface area contributed by atoms with Crippen molar-refractivity contribution in [1.29, 1.82) is 0 Å². The van der Waals surface area contributed by atoms with Crippen molar-refractivity contribution >= 4 is 6.09 Å². The van der Waals surface area contributed by atoms with Gasteiger partial charge in [0.25, 0.3) is 0 Å². The second-order valence-corrected chi connectivity index (χ2v) is 11.3. The number of hydrogen-bond donors (Lipinski definition) is 1. The highest BCUT2D eigenvalue weighted by atomic mass is 19.1. The summed E-state index contributed by atoms with van der Waals surface area (Å²) in [6, 6.07) is 4.62. The molecule has 9 nitrogen and oxygen atoms in total. The Balaban J connectivity index is 1.37. The van der Waals surface area contributed by atoms with Crippen LogP contribution in [0.2, 0.25) is 0 Å². The number of aromatic nitrogens is 4. The number of carbonyl (C=O) groups is 1. The van der Waals surface area contributed by atoms with Gasteiger partial charge in [0.15, 0.2) is 5.82 Å². The van der Waals surface area contributed by atoms with E-state index in [1.54, 1.807) is 20.8 Å². The Morgan fingerprint density at radius 3 is 2.67 bits per heavy atom. The van der Waals surface area contributed by atoms with Gasteiger partial charge in [-0.25, -0.2) is 18.6 Å². The van der Waals surface area contributed by atoms with Gasteiger partial charge >= 0.3 is 6.09 Å². The molecule has 2 aliphatic rings. The molecule has 1 saturated heterocycles. The molecule has 0 aliphatic carbocycles. The fourth-order valence-electron chi connectivity index (χ4n) is 5.45. The number of nitrogens with zero attached hydrogens (tertiary/aromatic N) is 5. The lowest BCUT2D eigenvalue weighted by Crippen LogP contribution is -2.52. The minimum absolute atomic E-state index is 0.0714. The quantitative estimate of drug-likeness (QED) is 0.506. The number of ether oxygens (including phenoxy) is 2. The second-order valence-electron chi connectivity index (χ2n) is 11.3. The highest BCUT2D eigenvalue weighted by molar-refractivity contribution is 5.68. The lowest BCUT2D eigenvalue weighted by atomic mass is 9.92. The molecule has 1 fully saturated rings. The summed E-state index contributed by atoms with van der Waals surface area (Å²) < 4.78 is 44.4. The molecule has 0 bridgehead atoms. The number of fused-ring (bicyclic) bond motifs is 1. The first-order chi connectivity index (χ1) is 18.4. The number of alkyl carbamates (subject to hydrolysis) is 1. The van der Waals surface area contributed by atoms with Crippen molar-refractivity contribution in [1.82, 2.24) is 29.5 Å². The first kappa shape index (κ1) is 27.3. The molecule has 1 N–H and O–H groups in total. The number of hydrogen-bond acceptors (Lipinski definition) is 6. The predicted molar refractivity (Wildman–Crippen MR) is 141 cm³/mol. The Morgan fingerprint density at radius 1 is 1.23 bits per heavy atom. The van der Waals surface area contributed by atoms with E-state index < -0.39 is 35.5 Å². The van der Waals surface area contributed by atoms with Crippen LogP contribution in [0, 0.1) is 18.6 Å². The van der Waals surface area contributed by atoms with Crippen molar-refractivity contribution in [2.45, 2.75) is 84.5 Å². The third-order valence-electron chi connectivity index (χ3n) is 7.36. The molecule has 0 spiro atoms. The van der Waals surface area contributed by atoms with Gasteiger partial charge in [0.1, 0.15) is 29.0 Å². The summed E-state index contributed by atoms with van der Waals surface area (Å²) in [7, 11) is 1.92. The normalized spacial score (nSPS) is 21.7. The average Bonchev–Trinajstić information content (AvgIpc) is 3.51. The minimum Gasteiger partial charge on any atom is -0.444 e. The van der Waals surface area contributed by atoms with E-state index in [4.69, 9.17) is 14.5 Å². The Morgan fingerprint density at radius 2 is 2.00 bits per heavy atom. The third-order valence-corrected chi connectivity index (χ3v) is 7.36. The first-order valence-electron chi connectivity index (χ1n) is 13.3. The van der Waals surface area contributed by atoms with Gasteiger partial charge in [-0.2, -0.15) is 5.10 Å². The first-order valence-corrected chi connectivity index (χ1v) is 13.3. The molecule has 0 saturated carbocycles. The smallest absolute Gasteiger partial charge is 0.407 e. The van der Waals surface area contributed by atoms with Gasteiger partial charge in [0.2, 0.25) is 0 Å². The molecule has 1 amide bonds. The summed E-state index contributed by atoms with van der Waals surface area (Å²) in [5, 5.41) is 7.48. The van der Waals surface area contributed by atoms with E-state index in [0.717, 1.165) is 53.3 Å². The molecule has 4 heterocycles. The van der Waals surface area contributed by atoms with Crippen molar-refractivity contribution in [2.75, 3.05) is 6.61 Å². The van der Waals surface area contributed by atoms with E-state index in [9.17, 15) is 13.6 Å². The summed E-state index contributed by atoms with van der Waals surface area (Å²) in [4.78, 5) is 19.9. The highest BCUT2D eigenvalue weighted by Crippen LogP contribution is 2.36. The maximum absolute atomic E-state index is 14.7. The number of rotatable bonds is 5. The summed E-state index contributed by atoms with van der Waals surface area (Å²) in [6.45, 7) is 11.8. The topological polar surface area (TPSA) is 86.4 Å². The molecule has 5 rings (SSSR count). The number of carbonyl (C=O) groups excluding carboxylic acids is 1. The number of aryl methyl sites for hydroxylation is 2. The van der Waals surface area contributed by atoms with Crippen molar-refractivity contribution in [3.8, 4) is 11.5 Å². The molecule has 39 heavy (non-hydrogen) atoms. The highest BCUT2D eigenvalue weighted by Gasteiger charge is 2.40. The average molecular weight is 543 g/mol. The molecule has 0 unspecified atom stereocenters.